The highest BCUT2D eigenvalue weighted by atomic mass is 127. The SMILES string of the molecule is CCOc1cc(/C=C2\C(=O)NC(=O)N(c3ccc(Cl)cc3)C2=O)cc(I)c1OCC#N. The quantitative estimate of drug-likeness (QED) is 0.331. The standard InChI is InChI=1S/C21H15ClIN3O5/c1-2-30-17-11-12(10-16(23)18(17)31-8-7-24)9-15-19(27)25-21(29)26(20(15)28)14-5-3-13(22)4-6-14/h3-6,9-11H,2,8H2,1H3,(H,25,27,29)/b15-9+. The maximum absolute atomic E-state index is 13.0. The highest BCUT2D eigenvalue weighted by molar-refractivity contribution is 14.1. The Morgan fingerprint density at radius 2 is 1.90 bits per heavy atom. The lowest BCUT2D eigenvalue weighted by Gasteiger charge is -2.26. The van der Waals surface area contributed by atoms with Crippen molar-refractivity contribution in [2.45, 2.75) is 6.92 Å². The molecule has 0 bridgehead atoms. The van der Waals surface area contributed by atoms with E-state index in [2.05, 4.69) is 5.32 Å². The summed E-state index contributed by atoms with van der Waals surface area (Å²) in [5, 5.41) is 11.4. The van der Waals surface area contributed by atoms with Crippen LogP contribution in [0.3, 0.4) is 0 Å². The van der Waals surface area contributed by atoms with E-state index in [-0.39, 0.29) is 17.9 Å². The van der Waals surface area contributed by atoms with Crippen LogP contribution in [0.1, 0.15) is 12.5 Å². The summed E-state index contributed by atoms with van der Waals surface area (Å²) in [5.74, 6) is -0.818. The highest BCUT2D eigenvalue weighted by Gasteiger charge is 2.36. The number of benzene rings is 2. The molecule has 0 spiro atoms. The molecule has 8 nitrogen and oxygen atoms in total. The molecule has 0 aliphatic carbocycles. The number of nitrogens with zero attached hydrogens (tertiary/aromatic N) is 2. The predicted octanol–water partition coefficient (Wildman–Crippen LogP) is 3.91. The van der Waals surface area contributed by atoms with Crippen molar-refractivity contribution >= 4 is 63.8 Å². The second kappa shape index (κ2) is 9.80. The number of anilines is 1. The van der Waals surface area contributed by atoms with Crippen LogP contribution in [0.15, 0.2) is 42.0 Å². The van der Waals surface area contributed by atoms with E-state index in [4.69, 9.17) is 26.3 Å². The average Bonchev–Trinajstić information content (AvgIpc) is 2.72. The molecule has 0 atom stereocenters. The molecule has 10 heteroatoms. The summed E-state index contributed by atoms with van der Waals surface area (Å²) in [4.78, 5) is 38.5. The first-order valence-corrected chi connectivity index (χ1v) is 10.4. The summed E-state index contributed by atoms with van der Waals surface area (Å²) in [6.45, 7) is 1.98. The van der Waals surface area contributed by atoms with Gasteiger partial charge in [-0.1, -0.05) is 11.6 Å². The Bertz CT molecular complexity index is 1130. The largest absolute Gasteiger partial charge is 0.490 e. The number of ether oxygens (including phenoxy) is 2. The fraction of sp³-hybridized carbons (Fsp3) is 0.143. The van der Waals surface area contributed by atoms with Crippen LogP contribution in [0.2, 0.25) is 5.02 Å². The Kier molecular flexibility index (Phi) is 7.14. The minimum absolute atomic E-state index is 0.157. The van der Waals surface area contributed by atoms with Gasteiger partial charge >= 0.3 is 6.03 Å². The van der Waals surface area contributed by atoms with Crippen LogP contribution in [0.25, 0.3) is 6.08 Å². The maximum atomic E-state index is 13.0. The molecule has 1 aliphatic heterocycles. The number of nitriles is 1. The number of hydrogen-bond acceptors (Lipinski definition) is 6. The first kappa shape index (κ1) is 22.6. The summed E-state index contributed by atoms with van der Waals surface area (Å²) in [6, 6.07) is 10.4. The number of barbiturate groups is 1. The second-order valence-electron chi connectivity index (χ2n) is 6.14. The molecule has 0 radical (unpaired) electrons. The van der Waals surface area contributed by atoms with Crippen molar-refractivity contribution < 1.29 is 23.9 Å². The lowest BCUT2D eigenvalue weighted by atomic mass is 10.1. The molecule has 1 aliphatic rings. The molecule has 0 unspecified atom stereocenters. The van der Waals surface area contributed by atoms with Crippen LogP contribution in [0, 0.1) is 14.9 Å². The Labute approximate surface area is 196 Å². The molecule has 1 fully saturated rings. The topological polar surface area (TPSA) is 109 Å². The van der Waals surface area contributed by atoms with Crippen molar-refractivity contribution in [1.29, 1.82) is 5.26 Å². The zero-order chi connectivity index (χ0) is 22.5. The number of nitrogens with one attached hydrogen (secondary N) is 1. The van der Waals surface area contributed by atoms with Gasteiger partial charge in [0.2, 0.25) is 0 Å². The van der Waals surface area contributed by atoms with Gasteiger partial charge in [0.05, 0.1) is 15.9 Å². The third kappa shape index (κ3) is 4.98. The molecular formula is C21H15ClIN3O5. The molecule has 1 heterocycles. The number of amides is 4. The Morgan fingerprint density at radius 3 is 2.55 bits per heavy atom. The smallest absolute Gasteiger partial charge is 0.335 e. The first-order chi connectivity index (χ1) is 14.8. The van der Waals surface area contributed by atoms with Crippen molar-refractivity contribution in [3.05, 3.63) is 56.1 Å². The molecule has 0 saturated carbocycles. The Morgan fingerprint density at radius 1 is 1.19 bits per heavy atom. The fourth-order valence-electron chi connectivity index (χ4n) is 2.83. The van der Waals surface area contributed by atoms with Crippen LogP contribution in [-0.4, -0.2) is 31.1 Å². The van der Waals surface area contributed by atoms with Gasteiger partial charge < -0.3 is 9.47 Å². The lowest BCUT2D eigenvalue weighted by Crippen LogP contribution is -2.54. The Hall–Kier alpha value is -3.10. The van der Waals surface area contributed by atoms with E-state index in [1.807, 2.05) is 28.7 Å². The monoisotopic (exact) mass is 551 g/mol. The zero-order valence-corrected chi connectivity index (χ0v) is 19.1. The van der Waals surface area contributed by atoms with E-state index in [1.165, 1.54) is 30.3 Å². The van der Waals surface area contributed by atoms with E-state index in [0.29, 0.717) is 32.3 Å². The van der Waals surface area contributed by atoms with E-state index in [1.54, 1.807) is 19.1 Å². The third-order valence-corrected chi connectivity index (χ3v) is 5.16. The van der Waals surface area contributed by atoms with Gasteiger partial charge in [-0.25, -0.2) is 9.69 Å². The molecular weight excluding hydrogens is 537 g/mol. The molecule has 1 saturated heterocycles. The second-order valence-corrected chi connectivity index (χ2v) is 7.74. The molecule has 158 valence electrons. The van der Waals surface area contributed by atoms with Crippen LogP contribution in [0.5, 0.6) is 11.5 Å². The summed E-state index contributed by atoms with van der Waals surface area (Å²) in [5.41, 5.74) is 0.537. The van der Waals surface area contributed by atoms with Crippen molar-refractivity contribution in [1.82, 2.24) is 5.32 Å². The van der Waals surface area contributed by atoms with Gasteiger partial charge in [0.1, 0.15) is 11.6 Å². The number of hydrogen-bond donors (Lipinski definition) is 1. The van der Waals surface area contributed by atoms with Crippen molar-refractivity contribution in [3.8, 4) is 17.6 Å². The van der Waals surface area contributed by atoms with Crippen LogP contribution in [0.4, 0.5) is 10.5 Å². The first-order valence-electron chi connectivity index (χ1n) is 8.98. The van der Waals surface area contributed by atoms with Crippen molar-refractivity contribution in [2.75, 3.05) is 18.1 Å². The summed E-state index contributed by atoms with van der Waals surface area (Å²) in [6.07, 6.45) is 1.37. The summed E-state index contributed by atoms with van der Waals surface area (Å²) in [7, 11) is 0. The number of rotatable bonds is 6. The fourth-order valence-corrected chi connectivity index (χ4v) is 3.73. The van der Waals surface area contributed by atoms with Gasteiger partial charge in [0.15, 0.2) is 18.1 Å². The van der Waals surface area contributed by atoms with Crippen LogP contribution in [-0.2, 0) is 9.59 Å². The summed E-state index contributed by atoms with van der Waals surface area (Å²) < 4.78 is 11.6. The van der Waals surface area contributed by atoms with Gasteiger partial charge in [-0.3, -0.25) is 14.9 Å². The van der Waals surface area contributed by atoms with Gasteiger partial charge in [0, 0.05) is 5.02 Å². The number of carbonyl (C=O) groups is 3. The molecule has 2 aromatic rings. The molecule has 3 rings (SSSR count). The summed E-state index contributed by atoms with van der Waals surface area (Å²) >= 11 is 7.88. The van der Waals surface area contributed by atoms with E-state index < -0.39 is 17.8 Å². The van der Waals surface area contributed by atoms with Gasteiger partial charge in [-0.2, -0.15) is 5.26 Å². The van der Waals surface area contributed by atoms with Gasteiger partial charge in [-0.05, 0) is 77.6 Å². The minimum Gasteiger partial charge on any atom is -0.490 e. The van der Waals surface area contributed by atoms with Gasteiger partial charge in [0.25, 0.3) is 11.8 Å². The number of halogens is 2. The number of urea groups is 1. The van der Waals surface area contributed by atoms with E-state index >= 15 is 0 Å². The molecule has 31 heavy (non-hydrogen) atoms. The Balaban J connectivity index is 2.02. The van der Waals surface area contributed by atoms with Crippen molar-refractivity contribution in [3.63, 3.8) is 0 Å². The normalized spacial score (nSPS) is 15.0. The molecule has 1 N–H and O–H groups in total. The minimum atomic E-state index is -0.848. The zero-order valence-electron chi connectivity index (χ0n) is 16.1. The average molecular weight is 552 g/mol. The van der Waals surface area contributed by atoms with E-state index in [0.717, 1.165) is 4.90 Å². The highest BCUT2D eigenvalue weighted by Crippen LogP contribution is 2.35. The van der Waals surface area contributed by atoms with Gasteiger partial charge in [-0.15, -0.1) is 0 Å². The van der Waals surface area contributed by atoms with Crippen molar-refractivity contribution in [2.24, 2.45) is 0 Å². The van der Waals surface area contributed by atoms with Crippen LogP contribution < -0.4 is 19.7 Å². The third-order valence-electron chi connectivity index (χ3n) is 4.11. The maximum Gasteiger partial charge on any atom is 0.335 e. The van der Waals surface area contributed by atoms with E-state index in [9.17, 15) is 14.4 Å². The number of imide groups is 2. The van der Waals surface area contributed by atoms with Crippen LogP contribution >= 0.6 is 34.2 Å². The predicted molar refractivity (Wildman–Crippen MR) is 122 cm³/mol. The number of carbonyl (C=O) groups excluding carboxylic acids is 3. The molecule has 2 aromatic carbocycles. The molecule has 4 amide bonds. The lowest BCUT2D eigenvalue weighted by molar-refractivity contribution is -0.122. The molecule has 0 aromatic heterocycles.